The van der Waals surface area contributed by atoms with Crippen LogP contribution < -0.4 is 15.0 Å². The number of benzene rings is 2. The molecule has 146 valence electrons. The molecule has 28 heavy (non-hydrogen) atoms. The molecule has 0 fully saturated rings. The van der Waals surface area contributed by atoms with Crippen molar-refractivity contribution in [2.45, 2.75) is 26.4 Å². The van der Waals surface area contributed by atoms with Gasteiger partial charge in [0.15, 0.2) is 11.5 Å². The average Bonchev–Trinajstić information content (AvgIpc) is 2.72. The normalized spacial score (nSPS) is 10.7. The number of fused-ring (bicyclic) bond motifs is 1. The van der Waals surface area contributed by atoms with Crippen molar-refractivity contribution < 1.29 is 14.3 Å². The molecule has 0 saturated carbocycles. The van der Waals surface area contributed by atoms with Gasteiger partial charge in [0.05, 0.1) is 26.3 Å². The van der Waals surface area contributed by atoms with Crippen molar-refractivity contribution in [1.82, 2.24) is 9.88 Å². The lowest BCUT2D eigenvalue weighted by Gasteiger charge is -2.22. The van der Waals surface area contributed by atoms with Crippen molar-refractivity contribution in [3.8, 4) is 11.5 Å². The number of amides is 1. The zero-order valence-corrected chi connectivity index (χ0v) is 16.3. The minimum atomic E-state index is -0.221. The Morgan fingerprint density at radius 3 is 2.32 bits per heavy atom. The van der Waals surface area contributed by atoms with Gasteiger partial charge in [-0.1, -0.05) is 37.3 Å². The molecule has 6 nitrogen and oxygen atoms in total. The number of hydrogen-bond acceptors (Lipinski definition) is 4. The number of carbonyl (C=O) groups excluding carboxylic acids is 1. The van der Waals surface area contributed by atoms with Gasteiger partial charge >= 0.3 is 0 Å². The standard InChI is InChI=1S/C22H24N2O4/c1-4-21(25)24(13-15-8-6-5-7-9-15)14-17-10-16-11-19(27-2)20(28-3)12-18(16)23-22(17)26/h5-12H,4,13-14H2,1-3H3,(H,23,26). The molecule has 0 saturated heterocycles. The van der Waals surface area contributed by atoms with Gasteiger partial charge in [0.1, 0.15) is 0 Å². The Morgan fingerprint density at radius 1 is 1.00 bits per heavy atom. The first kappa shape index (κ1) is 19.5. The van der Waals surface area contributed by atoms with Crippen LogP contribution in [0.15, 0.2) is 53.3 Å². The maximum atomic E-state index is 12.6. The van der Waals surface area contributed by atoms with Gasteiger partial charge in [-0.05, 0) is 17.7 Å². The predicted molar refractivity (Wildman–Crippen MR) is 109 cm³/mol. The summed E-state index contributed by atoms with van der Waals surface area (Å²) in [6, 6.07) is 15.1. The van der Waals surface area contributed by atoms with E-state index in [-0.39, 0.29) is 18.0 Å². The Labute approximate surface area is 163 Å². The number of carbonyl (C=O) groups is 1. The van der Waals surface area contributed by atoms with Crippen molar-refractivity contribution in [3.05, 3.63) is 70.0 Å². The van der Waals surface area contributed by atoms with Gasteiger partial charge in [-0.2, -0.15) is 0 Å². The molecule has 0 bridgehead atoms. The third-order valence-electron chi connectivity index (χ3n) is 4.66. The van der Waals surface area contributed by atoms with Crippen molar-refractivity contribution in [3.63, 3.8) is 0 Å². The molecule has 0 radical (unpaired) electrons. The van der Waals surface area contributed by atoms with E-state index in [4.69, 9.17) is 9.47 Å². The summed E-state index contributed by atoms with van der Waals surface area (Å²) in [7, 11) is 3.12. The van der Waals surface area contributed by atoms with E-state index >= 15 is 0 Å². The van der Waals surface area contributed by atoms with Crippen LogP contribution in [0.5, 0.6) is 11.5 Å². The van der Waals surface area contributed by atoms with Gasteiger partial charge in [0.25, 0.3) is 5.56 Å². The molecule has 1 heterocycles. The number of nitrogens with one attached hydrogen (secondary N) is 1. The van der Waals surface area contributed by atoms with Crippen LogP contribution in [0, 0.1) is 0 Å². The first-order valence-corrected chi connectivity index (χ1v) is 9.15. The van der Waals surface area contributed by atoms with Gasteiger partial charge in [0.2, 0.25) is 5.91 Å². The lowest BCUT2D eigenvalue weighted by molar-refractivity contribution is -0.132. The summed E-state index contributed by atoms with van der Waals surface area (Å²) in [5, 5.41) is 0.816. The highest BCUT2D eigenvalue weighted by Gasteiger charge is 2.16. The van der Waals surface area contributed by atoms with Gasteiger partial charge in [0, 0.05) is 30.0 Å². The largest absolute Gasteiger partial charge is 0.493 e. The summed E-state index contributed by atoms with van der Waals surface area (Å²) in [6.45, 7) is 2.51. The number of methoxy groups -OCH3 is 2. The van der Waals surface area contributed by atoms with Crippen molar-refractivity contribution in [2.75, 3.05) is 14.2 Å². The van der Waals surface area contributed by atoms with E-state index in [0.717, 1.165) is 10.9 Å². The number of pyridine rings is 1. The maximum Gasteiger partial charge on any atom is 0.253 e. The Morgan fingerprint density at radius 2 is 1.68 bits per heavy atom. The predicted octanol–water partition coefficient (Wildman–Crippen LogP) is 3.48. The van der Waals surface area contributed by atoms with Crippen LogP contribution in [0.4, 0.5) is 0 Å². The highest BCUT2D eigenvalue weighted by atomic mass is 16.5. The van der Waals surface area contributed by atoms with Crippen LogP contribution >= 0.6 is 0 Å². The molecule has 1 aromatic heterocycles. The Hall–Kier alpha value is -3.28. The second-order valence-corrected chi connectivity index (χ2v) is 6.51. The maximum absolute atomic E-state index is 12.6. The minimum Gasteiger partial charge on any atom is -0.493 e. The molecule has 3 rings (SSSR count). The van der Waals surface area contributed by atoms with E-state index in [1.807, 2.05) is 43.3 Å². The van der Waals surface area contributed by atoms with Crippen LogP contribution in [-0.4, -0.2) is 30.0 Å². The lowest BCUT2D eigenvalue weighted by atomic mass is 10.1. The van der Waals surface area contributed by atoms with Crippen LogP contribution in [0.25, 0.3) is 10.9 Å². The van der Waals surface area contributed by atoms with E-state index in [1.54, 1.807) is 31.3 Å². The fraction of sp³-hybridized carbons (Fsp3) is 0.273. The molecule has 0 atom stereocenters. The quantitative estimate of drug-likeness (QED) is 0.681. The number of nitrogens with zero attached hydrogens (tertiary/aromatic N) is 1. The molecule has 1 N–H and O–H groups in total. The van der Waals surface area contributed by atoms with Gasteiger partial charge in [-0.25, -0.2) is 0 Å². The van der Waals surface area contributed by atoms with Gasteiger partial charge in [-0.3, -0.25) is 9.59 Å². The fourth-order valence-corrected chi connectivity index (χ4v) is 3.16. The summed E-state index contributed by atoms with van der Waals surface area (Å²) in [6.07, 6.45) is 0.378. The first-order valence-electron chi connectivity index (χ1n) is 9.15. The topological polar surface area (TPSA) is 71.6 Å². The van der Waals surface area contributed by atoms with E-state index in [0.29, 0.717) is 35.5 Å². The van der Waals surface area contributed by atoms with E-state index in [1.165, 1.54) is 0 Å². The van der Waals surface area contributed by atoms with Crippen LogP contribution in [0.3, 0.4) is 0 Å². The molecule has 0 aliphatic heterocycles. The second kappa shape index (κ2) is 8.61. The summed E-state index contributed by atoms with van der Waals surface area (Å²) >= 11 is 0. The molecule has 0 aliphatic rings. The van der Waals surface area contributed by atoms with Crippen LogP contribution in [0.2, 0.25) is 0 Å². The third-order valence-corrected chi connectivity index (χ3v) is 4.66. The Balaban J connectivity index is 1.97. The van der Waals surface area contributed by atoms with Crippen molar-refractivity contribution in [1.29, 1.82) is 0 Å². The fourth-order valence-electron chi connectivity index (χ4n) is 3.16. The molecular formula is C22H24N2O4. The number of hydrogen-bond donors (Lipinski definition) is 1. The number of rotatable bonds is 7. The first-order chi connectivity index (χ1) is 13.5. The summed E-state index contributed by atoms with van der Waals surface area (Å²) in [4.78, 5) is 29.7. The van der Waals surface area contributed by atoms with Crippen LogP contribution in [-0.2, 0) is 17.9 Å². The number of ether oxygens (including phenoxy) is 2. The smallest absolute Gasteiger partial charge is 0.253 e. The molecule has 1 amide bonds. The van der Waals surface area contributed by atoms with Crippen molar-refractivity contribution in [2.24, 2.45) is 0 Å². The molecule has 0 spiro atoms. The highest BCUT2D eigenvalue weighted by Crippen LogP contribution is 2.31. The SMILES string of the molecule is CCC(=O)N(Cc1ccccc1)Cc1cc2cc(OC)c(OC)cc2[nH]c1=O. The minimum absolute atomic E-state index is 0.00402. The molecule has 0 aliphatic carbocycles. The highest BCUT2D eigenvalue weighted by molar-refractivity contribution is 5.83. The van der Waals surface area contributed by atoms with Crippen molar-refractivity contribution >= 4 is 16.8 Å². The van der Waals surface area contributed by atoms with Gasteiger partial charge < -0.3 is 19.4 Å². The monoisotopic (exact) mass is 380 g/mol. The van der Waals surface area contributed by atoms with E-state index in [9.17, 15) is 9.59 Å². The third kappa shape index (κ3) is 4.17. The number of aromatic amines is 1. The summed E-state index contributed by atoms with van der Waals surface area (Å²) in [5.74, 6) is 1.12. The molecule has 3 aromatic rings. The molecular weight excluding hydrogens is 356 g/mol. The molecule has 2 aromatic carbocycles. The summed E-state index contributed by atoms with van der Waals surface area (Å²) < 4.78 is 10.6. The molecule has 0 unspecified atom stereocenters. The zero-order chi connectivity index (χ0) is 20.1. The Kier molecular flexibility index (Phi) is 5.99. The Bertz CT molecular complexity index is 1030. The lowest BCUT2D eigenvalue weighted by Crippen LogP contribution is -2.31. The average molecular weight is 380 g/mol. The second-order valence-electron chi connectivity index (χ2n) is 6.51. The molecule has 6 heteroatoms. The van der Waals surface area contributed by atoms with E-state index < -0.39 is 0 Å². The van der Waals surface area contributed by atoms with Gasteiger partial charge in [-0.15, -0.1) is 0 Å². The number of H-pyrrole nitrogens is 1. The van der Waals surface area contributed by atoms with E-state index in [2.05, 4.69) is 4.98 Å². The number of aromatic nitrogens is 1. The van der Waals surface area contributed by atoms with Crippen LogP contribution in [0.1, 0.15) is 24.5 Å². The zero-order valence-electron chi connectivity index (χ0n) is 16.3. The summed E-state index contributed by atoms with van der Waals surface area (Å²) in [5.41, 5.74) is 1.98.